The first kappa shape index (κ1) is 12.1. The summed E-state index contributed by atoms with van der Waals surface area (Å²) in [4.78, 5) is 16.6. The van der Waals surface area contributed by atoms with Gasteiger partial charge in [-0.15, -0.1) is 0 Å². The predicted molar refractivity (Wildman–Crippen MR) is 79.3 cm³/mol. The molecule has 0 aliphatic heterocycles. The summed E-state index contributed by atoms with van der Waals surface area (Å²) >= 11 is 3.37. The van der Waals surface area contributed by atoms with Crippen LogP contribution in [0, 0.1) is 0 Å². The van der Waals surface area contributed by atoms with Crippen molar-refractivity contribution >= 4 is 32.5 Å². The topological polar surface area (TPSA) is 30.0 Å². The lowest BCUT2D eigenvalue weighted by Gasteiger charge is -2.05. The van der Waals surface area contributed by atoms with E-state index in [0.29, 0.717) is 11.1 Å². The van der Waals surface area contributed by atoms with Crippen molar-refractivity contribution in [3.63, 3.8) is 0 Å². The summed E-state index contributed by atoms with van der Waals surface area (Å²) < 4.78 is 0.962. The smallest absolute Gasteiger partial charge is 0.193 e. The molecule has 1 heterocycles. The number of hydrogen-bond donors (Lipinski definition) is 0. The van der Waals surface area contributed by atoms with Gasteiger partial charge in [0, 0.05) is 33.4 Å². The summed E-state index contributed by atoms with van der Waals surface area (Å²) in [5.41, 5.74) is 1.37. The highest BCUT2D eigenvalue weighted by Gasteiger charge is 2.12. The number of fused-ring (bicyclic) bond motifs is 1. The van der Waals surface area contributed by atoms with Gasteiger partial charge in [-0.05, 0) is 35.7 Å². The minimum atomic E-state index is 0.0195. The lowest BCUT2D eigenvalue weighted by molar-refractivity contribution is 0.104. The molecule has 19 heavy (non-hydrogen) atoms. The molecule has 0 aliphatic carbocycles. The molecule has 0 amide bonds. The van der Waals surface area contributed by atoms with Crippen molar-refractivity contribution in [3.8, 4) is 0 Å². The first-order valence-electron chi connectivity index (χ1n) is 5.89. The Balaban J connectivity index is 2.14. The average Bonchev–Trinajstić information content (AvgIpc) is 2.47. The van der Waals surface area contributed by atoms with E-state index in [1.165, 1.54) is 0 Å². The molecule has 0 saturated carbocycles. The zero-order valence-corrected chi connectivity index (χ0v) is 11.6. The van der Waals surface area contributed by atoms with Crippen molar-refractivity contribution in [2.24, 2.45) is 0 Å². The number of pyridine rings is 1. The number of aromatic nitrogens is 1. The molecule has 92 valence electrons. The Morgan fingerprint density at radius 3 is 2.58 bits per heavy atom. The summed E-state index contributed by atoms with van der Waals surface area (Å²) in [5.74, 6) is 0.0195. The summed E-state index contributed by atoms with van der Waals surface area (Å²) in [5, 5.41) is 1.91. The van der Waals surface area contributed by atoms with Crippen molar-refractivity contribution < 1.29 is 4.79 Å². The van der Waals surface area contributed by atoms with E-state index in [9.17, 15) is 4.79 Å². The quantitative estimate of drug-likeness (QED) is 0.663. The second-order valence-electron chi connectivity index (χ2n) is 4.24. The van der Waals surface area contributed by atoms with E-state index in [0.717, 1.165) is 15.2 Å². The maximum Gasteiger partial charge on any atom is 0.193 e. The highest BCUT2D eigenvalue weighted by atomic mass is 79.9. The van der Waals surface area contributed by atoms with Crippen LogP contribution in [0.3, 0.4) is 0 Å². The molecule has 0 spiro atoms. The molecule has 0 N–H and O–H groups in total. The summed E-state index contributed by atoms with van der Waals surface area (Å²) in [6, 6.07) is 15.0. The number of nitrogens with zero attached hydrogens (tertiary/aromatic N) is 1. The largest absolute Gasteiger partial charge is 0.289 e. The summed E-state index contributed by atoms with van der Waals surface area (Å²) in [6.07, 6.45) is 3.47. The molecule has 0 fully saturated rings. The van der Waals surface area contributed by atoms with Crippen LogP contribution in [0.25, 0.3) is 10.8 Å². The Morgan fingerprint density at radius 1 is 1.00 bits per heavy atom. The van der Waals surface area contributed by atoms with Crippen LogP contribution in [0.4, 0.5) is 0 Å². The number of benzene rings is 2. The van der Waals surface area contributed by atoms with Crippen molar-refractivity contribution in [1.29, 1.82) is 0 Å². The molecule has 2 aromatic carbocycles. The molecule has 0 aliphatic rings. The lowest BCUT2D eigenvalue weighted by atomic mass is 9.99. The number of rotatable bonds is 2. The van der Waals surface area contributed by atoms with Gasteiger partial charge in [0.15, 0.2) is 5.78 Å². The molecule has 0 unspecified atom stereocenters. The molecule has 1 aromatic heterocycles. The molecule has 3 heteroatoms. The van der Waals surface area contributed by atoms with Crippen LogP contribution in [0.15, 0.2) is 65.4 Å². The second-order valence-corrected chi connectivity index (χ2v) is 5.15. The third kappa shape index (κ3) is 2.29. The van der Waals surface area contributed by atoms with E-state index in [-0.39, 0.29) is 5.78 Å². The van der Waals surface area contributed by atoms with Crippen LogP contribution in [0.5, 0.6) is 0 Å². The molecule has 2 nitrogen and oxygen atoms in total. The standard InChI is InChI=1S/C16H10BrNO/c17-13-6-4-12(5-7-13)16(19)14-3-1-2-11-8-9-18-10-15(11)14/h1-10H. The fourth-order valence-electron chi connectivity index (χ4n) is 2.07. The molecule has 3 rings (SSSR count). The fourth-order valence-corrected chi connectivity index (χ4v) is 2.33. The lowest BCUT2D eigenvalue weighted by Crippen LogP contribution is -2.02. The van der Waals surface area contributed by atoms with Crippen molar-refractivity contribution in [1.82, 2.24) is 4.98 Å². The molecule has 0 bridgehead atoms. The second kappa shape index (κ2) is 4.94. The van der Waals surface area contributed by atoms with Gasteiger partial charge in [0.1, 0.15) is 0 Å². The maximum atomic E-state index is 12.5. The Morgan fingerprint density at radius 2 is 1.79 bits per heavy atom. The Hall–Kier alpha value is -2.00. The van der Waals surface area contributed by atoms with Crippen molar-refractivity contribution in [2.75, 3.05) is 0 Å². The fraction of sp³-hybridized carbons (Fsp3) is 0. The molecule has 0 atom stereocenters. The predicted octanol–water partition coefficient (Wildman–Crippen LogP) is 4.23. The van der Waals surface area contributed by atoms with Crippen LogP contribution in [-0.2, 0) is 0 Å². The third-order valence-corrected chi connectivity index (χ3v) is 3.56. The minimum Gasteiger partial charge on any atom is -0.289 e. The summed E-state index contributed by atoms with van der Waals surface area (Å²) in [7, 11) is 0. The average molecular weight is 312 g/mol. The van der Waals surface area contributed by atoms with E-state index in [2.05, 4.69) is 20.9 Å². The van der Waals surface area contributed by atoms with Crippen LogP contribution < -0.4 is 0 Å². The third-order valence-electron chi connectivity index (χ3n) is 3.03. The van der Waals surface area contributed by atoms with Gasteiger partial charge in [0.2, 0.25) is 0 Å². The molecular weight excluding hydrogens is 302 g/mol. The van der Waals surface area contributed by atoms with Crippen LogP contribution in [-0.4, -0.2) is 10.8 Å². The van der Waals surface area contributed by atoms with Gasteiger partial charge in [-0.25, -0.2) is 0 Å². The van der Waals surface area contributed by atoms with Gasteiger partial charge >= 0.3 is 0 Å². The number of ketones is 1. The highest BCUT2D eigenvalue weighted by Crippen LogP contribution is 2.21. The first-order valence-corrected chi connectivity index (χ1v) is 6.68. The molecule has 0 radical (unpaired) electrons. The van der Waals surface area contributed by atoms with Gasteiger partial charge in [-0.3, -0.25) is 9.78 Å². The van der Waals surface area contributed by atoms with E-state index in [4.69, 9.17) is 0 Å². The minimum absolute atomic E-state index is 0.0195. The zero-order valence-electron chi connectivity index (χ0n) is 10.0. The van der Waals surface area contributed by atoms with Gasteiger partial charge in [0.05, 0.1) is 0 Å². The van der Waals surface area contributed by atoms with Crippen LogP contribution in [0.2, 0.25) is 0 Å². The monoisotopic (exact) mass is 311 g/mol. The zero-order chi connectivity index (χ0) is 13.2. The van der Waals surface area contributed by atoms with Crippen LogP contribution >= 0.6 is 15.9 Å². The normalized spacial score (nSPS) is 10.6. The Kier molecular flexibility index (Phi) is 3.13. The van der Waals surface area contributed by atoms with Crippen LogP contribution in [0.1, 0.15) is 15.9 Å². The first-order chi connectivity index (χ1) is 9.25. The van der Waals surface area contributed by atoms with E-state index >= 15 is 0 Å². The Bertz CT molecular complexity index is 745. The SMILES string of the molecule is O=C(c1ccc(Br)cc1)c1cccc2ccncc12. The number of carbonyl (C=O) groups is 1. The molecule has 3 aromatic rings. The Labute approximate surface area is 119 Å². The van der Waals surface area contributed by atoms with E-state index in [1.807, 2.05) is 48.5 Å². The van der Waals surface area contributed by atoms with Crippen molar-refractivity contribution in [2.45, 2.75) is 0 Å². The van der Waals surface area contributed by atoms with Gasteiger partial charge in [-0.2, -0.15) is 0 Å². The van der Waals surface area contributed by atoms with Gasteiger partial charge in [0.25, 0.3) is 0 Å². The number of carbonyl (C=O) groups excluding carboxylic acids is 1. The van der Waals surface area contributed by atoms with E-state index < -0.39 is 0 Å². The highest BCUT2D eigenvalue weighted by molar-refractivity contribution is 9.10. The van der Waals surface area contributed by atoms with Gasteiger partial charge < -0.3 is 0 Å². The maximum absolute atomic E-state index is 12.5. The van der Waals surface area contributed by atoms with Crippen molar-refractivity contribution in [3.05, 3.63) is 76.5 Å². The molecule has 0 saturated heterocycles. The van der Waals surface area contributed by atoms with Gasteiger partial charge in [-0.1, -0.05) is 34.1 Å². The molecular formula is C16H10BrNO. The van der Waals surface area contributed by atoms with E-state index in [1.54, 1.807) is 12.4 Å². The summed E-state index contributed by atoms with van der Waals surface area (Å²) in [6.45, 7) is 0. The number of hydrogen-bond acceptors (Lipinski definition) is 2. The number of halogens is 1.